The minimum atomic E-state index is -1.75. The smallest absolute Gasteiger partial charge is 0.237 e. The topological polar surface area (TPSA) is 93.2 Å². The Balaban J connectivity index is 0.000000267. The lowest BCUT2D eigenvalue weighted by molar-refractivity contribution is -0.402. The first-order valence-corrected chi connectivity index (χ1v) is 5.14. The molecule has 2 aromatic heterocycles. The van der Waals surface area contributed by atoms with Gasteiger partial charge in [0.05, 0.1) is 5.09 Å². The Morgan fingerprint density at radius 3 is 2.50 bits per heavy atom. The van der Waals surface area contributed by atoms with E-state index < -0.39 is 5.09 Å². The first-order chi connectivity index (χ1) is 8.68. The minimum absolute atomic E-state index is 1.03. The molecular formula is C12H9N3O3. The maximum atomic E-state index is 8.25. The van der Waals surface area contributed by atoms with Crippen LogP contribution in [0.15, 0.2) is 48.8 Å². The molecule has 0 saturated carbocycles. The van der Waals surface area contributed by atoms with Gasteiger partial charge in [-0.1, -0.05) is 12.1 Å². The fraction of sp³-hybridized carbons (Fsp3) is 0. The molecular weight excluding hydrogens is 234 g/mol. The van der Waals surface area contributed by atoms with Crippen LogP contribution in [0.25, 0.3) is 21.8 Å². The number of aromatic amines is 1. The zero-order valence-corrected chi connectivity index (χ0v) is 9.24. The Morgan fingerprint density at radius 2 is 1.72 bits per heavy atom. The van der Waals surface area contributed by atoms with Gasteiger partial charge in [-0.3, -0.25) is 0 Å². The third-order valence-electron chi connectivity index (χ3n) is 2.41. The van der Waals surface area contributed by atoms with Crippen molar-refractivity contribution >= 4 is 21.8 Å². The number of nitrogens with one attached hydrogen (secondary N) is 1. The molecule has 90 valence electrons. The molecule has 0 aliphatic carbocycles. The molecule has 0 radical (unpaired) electrons. The number of rotatable bonds is 0. The number of pyridine rings is 2. The normalized spacial score (nSPS) is 9.78. The van der Waals surface area contributed by atoms with Crippen LogP contribution in [0.1, 0.15) is 0 Å². The molecule has 0 aliphatic heterocycles. The van der Waals surface area contributed by atoms with Crippen molar-refractivity contribution in [1.29, 1.82) is 0 Å². The predicted molar refractivity (Wildman–Crippen MR) is 66.2 cm³/mol. The lowest BCUT2D eigenvalue weighted by Crippen LogP contribution is -2.02. The summed E-state index contributed by atoms with van der Waals surface area (Å²) in [6.07, 6.45) is 3.75. The SMILES string of the molecule is O=[N+]([O-])[O-].c1cnc2c(c1)ccc1ccc[nH+]c12. The highest BCUT2D eigenvalue weighted by atomic mass is 16.9. The van der Waals surface area contributed by atoms with Crippen molar-refractivity contribution in [2.45, 2.75) is 0 Å². The van der Waals surface area contributed by atoms with E-state index in [9.17, 15) is 0 Å². The van der Waals surface area contributed by atoms with Gasteiger partial charge < -0.3 is 15.3 Å². The van der Waals surface area contributed by atoms with Crippen molar-refractivity contribution in [3.63, 3.8) is 0 Å². The number of aromatic nitrogens is 2. The van der Waals surface area contributed by atoms with E-state index in [1.165, 1.54) is 10.8 Å². The maximum absolute atomic E-state index is 8.25. The van der Waals surface area contributed by atoms with Crippen LogP contribution < -0.4 is 4.98 Å². The Bertz CT molecular complexity index is 641. The zero-order valence-electron chi connectivity index (χ0n) is 9.24. The molecule has 3 aromatic rings. The maximum Gasteiger partial charge on any atom is 0.237 e. The van der Waals surface area contributed by atoms with Crippen LogP contribution >= 0.6 is 0 Å². The molecule has 0 spiro atoms. The van der Waals surface area contributed by atoms with Crippen molar-refractivity contribution in [2.24, 2.45) is 0 Å². The van der Waals surface area contributed by atoms with E-state index in [0.29, 0.717) is 0 Å². The van der Waals surface area contributed by atoms with Gasteiger partial charge in [-0.05, 0) is 18.2 Å². The first kappa shape index (κ1) is 11.7. The van der Waals surface area contributed by atoms with Crippen molar-refractivity contribution in [2.75, 3.05) is 0 Å². The van der Waals surface area contributed by atoms with Gasteiger partial charge >= 0.3 is 0 Å². The summed E-state index contributed by atoms with van der Waals surface area (Å²) in [5.74, 6) is 0. The lowest BCUT2D eigenvalue weighted by atomic mass is 10.1. The number of hydrogen-bond acceptors (Lipinski definition) is 4. The second kappa shape index (κ2) is 5.05. The second-order valence-electron chi connectivity index (χ2n) is 3.50. The second-order valence-corrected chi connectivity index (χ2v) is 3.50. The van der Waals surface area contributed by atoms with Gasteiger partial charge in [0.1, 0.15) is 5.52 Å². The summed E-state index contributed by atoms with van der Waals surface area (Å²) in [5.41, 5.74) is 2.14. The van der Waals surface area contributed by atoms with Gasteiger partial charge in [-0.2, -0.15) is 0 Å². The fourth-order valence-corrected chi connectivity index (χ4v) is 1.73. The quantitative estimate of drug-likeness (QED) is 0.342. The van der Waals surface area contributed by atoms with E-state index >= 15 is 0 Å². The molecule has 0 saturated heterocycles. The highest BCUT2D eigenvalue weighted by Gasteiger charge is 2.05. The van der Waals surface area contributed by atoms with Crippen molar-refractivity contribution < 1.29 is 10.1 Å². The molecule has 2 heterocycles. The summed E-state index contributed by atoms with van der Waals surface area (Å²) in [7, 11) is 0. The number of hydrogen-bond donors (Lipinski definition) is 0. The highest BCUT2D eigenvalue weighted by molar-refractivity contribution is 6.00. The van der Waals surface area contributed by atoms with Crippen LogP contribution in [-0.4, -0.2) is 10.1 Å². The molecule has 1 aromatic carbocycles. The van der Waals surface area contributed by atoms with Gasteiger partial charge in [-0.15, -0.1) is 0 Å². The molecule has 0 aliphatic rings. The monoisotopic (exact) mass is 243 g/mol. The average Bonchev–Trinajstić information content (AvgIpc) is 2.38. The number of fused-ring (bicyclic) bond motifs is 3. The highest BCUT2D eigenvalue weighted by Crippen LogP contribution is 2.18. The van der Waals surface area contributed by atoms with Crippen molar-refractivity contribution in [3.8, 4) is 0 Å². The molecule has 6 nitrogen and oxygen atoms in total. The molecule has 6 heteroatoms. The van der Waals surface area contributed by atoms with E-state index in [-0.39, 0.29) is 0 Å². The summed E-state index contributed by atoms with van der Waals surface area (Å²) in [6, 6.07) is 12.3. The van der Waals surface area contributed by atoms with E-state index in [4.69, 9.17) is 15.3 Å². The third kappa shape index (κ3) is 2.49. The molecule has 0 fully saturated rings. The summed E-state index contributed by atoms with van der Waals surface area (Å²) >= 11 is 0. The Kier molecular flexibility index (Phi) is 3.29. The number of H-pyrrole nitrogens is 1. The van der Waals surface area contributed by atoms with Gasteiger partial charge in [0.2, 0.25) is 5.52 Å². The van der Waals surface area contributed by atoms with Crippen LogP contribution in [0.3, 0.4) is 0 Å². The molecule has 0 amide bonds. The van der Waals surface area contributed by atoms with E-state index in [2.05, 4.69) is 34.2 Å². The Morgan fingerprint density at radius 1 is 1.06 bits per heavy atom. The van der Waals surface area contributed by atoms with Gasteiger partial charge in [0.15, 0.2) is 6.20 Å². The summed E-state index contributed by atoms with van der Waals surface area (Å²) in [5, 5.41) is 17.1. The standard InChI is InChI=1S/C12H8N2.NO3/c1-3-9-5-6-10-4-2-8-14-12(10)11(9)13-7-1;2-1(3)4/h1-8H;/q;-1/p+1. The minimum Gasteiger partial charge on any atom is -0.356 e. The molecule has 1 N–H and O–H groups in total. The van der Waals surface area contributed by atoms with Crippen LogP contribution in [0, 0.1) is 15.3 Å². The Labute approximate surface area is 102 Å². The van der Waals surface area contributed by atoms with Crippen molar-refractivity contribution in [1.82, 2.24) is 4.98 Å². The van der Waals surface area contributed by atoms with Crippen LogP contribution in [0.2, 0.25) is 0 Å². The van der Waals surface area contributed by atoms with Gasteiger partial charge in [0.25, 0.3) is 0 Å². The predicted octanol–water partition coefficient (Wildman–Crippen LogP) is 1.96. The average molecular weight is 243 g/mol. The Hall–Kier alpha value is -2.76. The lowest BCUT2D eigenvalue weighted by Gasteiger charge is -1.96. The molecule has 0 bridgehead atoms. The molecule has 0 atom stereocenters. The summed E-state index contributed by atoms with van der Waals surface area (Å²) in [4.78, 5) is 15.9. The van der Waals surface area contributed by atoms with E-state index in [1.807, 2.05) is 24.5 Å². The molecule has 18 heavy (non-hydrogen) atoms. The number of benzene rings is 1. The first-order valence-electron chi connectivity index (χ1n) is 5.14. The summed E-state index contributed by atoms with van der Waals surface area (Å²) < 4.78 is 0. The van der Waals surface area contributed by atoms with Gasteiger partial charge in [0, 0.05) is 23.0 Å². The van der Waals surface area contributed by atoms with Crippen LogP contribution in [0.4, 0.5) is 0 Å². The fourth-order valence-electron chi connectivity index (χ4n) is 1.73. The van der Waals surface area contributed by atoms with E-state index in [0.717, 1.165) is 11.0 Å². The zero-order chi connectivity index (χ0) is 13.0. The number of nitrogens with zero attached hydrogens (tertiary/aromatic N) is 2. The third-order valence-corrected chi connectivity index (χ3v) is 2.41. The molecule has 0 unspecified atom stereocenters. The largest absolute Gasteiger partial charge is 0.356 e. The van der Waals surface area contributed by atoms with E-state index in [1.54, 1.807) is 0 Å². The summed E-state index contributed by atoms with van der Waals surface area (Å²) in [6.45, 7) is 0. The van der Waals surface area contributed by atoms with Gasteiger partial charge in [-0.25, -0.2) is 9.97 Å². The van der Waals surface area contributed by atoms with Crippen molar-refractivity contribution in [3.05, 3.63) is 64.1 Å². The molecule has 3 rings (SSSR count). The van der Waals surface area contributed by atoms with Crippen LogP contribution in [-0.2, 0) is 0 Å². The van der Waals surface area contributed by atoms with Crippen LogP contribution in [0.5, 0.6) is 0 Å².